The normalized spacial score (nSPS) is 12.8. The maximum atomic E-state index is 4.08. The Hall–Kier alpha value is -0.890. The van der Waals surface area contributed by atoms with Crippen molar-refractivity contribution in [3.05, 3.63) is 29.6 Å². The molecule has 1 N–H and O–H groups in total. The molecule has 13 heavy (non-hydrogen) atoms. The van der Waals surface area contributed by atoms with Crippen molar-refractivity contribution in [2.24, 2.45) is 0 Å². The first-order valence-corrected chi connectivity index (χ1v) is 4.87. The number of nitrogens with zero attached hydrogens (tertiary/aromatic N) is 1. The lowest BCUT2D eigenvalue weighted by Crippen LogP contribution is -2.27. The SMILES string of the molecule is CCNC(C)Cc1ccncc1C. The van der Waals surface area contributed by atoms with Gasteiger partial charge in [0.2, 0.25) is 0 Å². The lowest BCUT2D eigenvalue weighted by Gasteiger charge is -2.13. The summed E-state index contributed by atoms with van der Waals surface area (Å²) >= 11 is 0. The van der Waals surface area contributed by atoms with Crippen LogP contribution in [0.4, 0.5) is 0 Å². The number of aromatic nitrogens is 1. The van der Waals surface area contributed by atoms with Crippen molar-refractivity contribution in [1.29, 1.82) is 0 Å². The molecule has 0 amide bonds. The summed E-state index contributed by atoms with van der Waals surface area (Å²) in [6.45, 7) is 7.49. The monoisotopic (exact) mass is 178 g/mol. The van der Waals surface area contributed by atoms with Crippen LogP contribution in [-0.2, 0) is 6.42 Å². The Bertz CT molecular complexity index is 258. The van der Waals surface area contributed by atoms with Crippen LogP contribution in [0.1, 0.15) is 25.0 Å². The van der Waals surface area contributed by atoms with Crippen LogP contribution in [0.2, 0.25) is 0 Å². The van der Waals surface area contributed by atoms with Crippen molar-refractivity contribution in [2.45, 2.75) is 33.2 Å². The number of hydrogen-bond donors (Lipinski definition) is 1. The topological polar surface area (TPSA) is 24.9 Å². The van der Waals surface area contributed by atoms with Crippen LogP contribution < -0.4 is 5.32 Å². The van der Waals surface area contributed by atoms with E-state index >= 15 is 0 Å². The van der Waals surface area contributed by atoms with E-state index in [0.717, 1.165) is 13.0 Å². The molecular formula is C11H18N2. The average molecular weight is 178 g/mol. The Balaban J connectivity index is 2.58. The van der Waals surface area contributed by atoms with Gasteiger partial charge in [-0.2, -0.15) is 0 Å². The summed E-state index contributed by atoms with van der Waals surface area (Å²) in [7, 11) is 0. The van der Waals surface area contributed by atoms with Crippen LogP contribution in [0.15, 0.2) is 18.5 Å². The van der Waals surface area contributed by atoms with Gasteiger partial charge in [0.05, 0.1) is 0 Å². The third-order valence-corrected chi connectivity index (χ3v) is 2.22. The van der Waals surface area contributed by atoms with E-state index in [0.29, 0.717) is 6.04 Å². The molecule has 1 aromatic rings. The second-order valence-corrected chi connectivity index (χ2v) is 3.47. The number of pyridine rings is 1. The molecule has 2 heteroatoms. The molecule has 0 saturated heterocycles. The van der Waals surface area contributed by atoms with Crippen LogP contribution in [-0.4, -0.2) is 17.6 Å². The fraction of sp³-hybridized carbons (Fsp3) is 0.545. The van der Waals surface area contributed by atoms with E-state index in [1.807, 2.05) is 12.4 Å². The van der Waals surface area contributed by atoms with Crippen molar-refractivity contribution >= 4 is 0 Å². The molecule has 0 spiro atoms. The zero-order valence-corrected chi connectivity index (χ0v) is 8.67. The molecule has 0 saturated carbocycles. The Morgan fingerprint density at radius 2 is 2.31 bits per heavy atom. The van der Waals surface area contributed by atoms with Crippen molar-refractivity contribution in [3.8, 4) is 0 Å². The van der Waals surface area contributed by atoms with Gasteiger partial charge < -0.3 is 5.32 Å². The highest BCUT2D eigenvalue weighted by Gasteiger charge is 2.03. The highest BCUT2D eigenvalue weighted by molar-refractivity contribution is 5.22. The van der Waals surface area contributed by atoms with Crippen LogP contribution >= 0.6 is 0 Å². The zero-order chi connectivity index (χ0) is 9.68. The Morgan fingerprint density at radius 1 is 1.54 bits per heavy atom. The van der Waals surface area contributed by atoms with E-state index in [1.165, 1.54) is 11.1 Å². The molecule has 72 valence electrons. The third-order valence-electron chi connectivity index (χ3n) is 2.22. The quantitative estimate of drug-likeness (QED) is 0.762. The predicted molar refractivity (Wildman–Crippen MR) is 55.8 cm³/mol. The summed E-state index contributed by atoms with van der Waals surface area (Å²) in [5.74, 6) is 0. The molecule has 1 heterocycles. The summed E-state index contributed by atoms with van der Waals surface area (Å²) in [5, 5.41) is 3.40. The predicted octanol–water partition coefficient (Wildman–Crippen LogP) is 1.93. The second kappa shape index (κ2) is 4.97. The summed E-state index contributed by atoms with van der Waals surface area (Å²) in [4.78, 5) is 4.08. The van der Waals surface area contributed by atoms with E-state index in [1.54, 1.807) is 0 Å². The molecule has 0 radical (unpaired) electrons. The van der Waals surface area contributed by atoms with Gasteiger partial charge in [0.15, 0.2) is 0 Å². The minimum atomic E-state index is 0.547. The highest BCUT2D eigenvalue weighted by atomic mass is 14.9. The smallest absolute Gasteiger partial charge is 0.0299 e. The van der Waals surface area contributed by atoms with E-state index < -0.39 is 0 Å². The van der Waals surface area contributed by atoms with Crippen molar-refractivity contribution < 1.29 is 0 Å². The minimum Gasteiger partial charge on any atom is -0.314 e. The number of hydrogen-bond acceptors (Lipinski definition) is 2. The molecule has 0 aliphatic rings. The Morgan fingerprint density at radius 3 is 2.92 bits per heavy atom. The van der Waals surface area contributed by atoms with Crippen molar-refractivity contribution in [2.75, 3.05) is 6.54 Å². The molecule has 1 atom stereocenters. The van der Waals surface area contributed by atoms with Crippen LogP contribution in [0, 0.1) is 6.92 Å². The van der Waals surface area contributed by atoms with Crippen molar-refractivity contribution in [1.82, 2.24) is 10.3 Å². The van der Waals surface area contributed by atoms with Crippen LogP contribution in [0.5, 0.6) is 0 Å². The molecular weight excluding hydrogens is 160 g/mol. The number of likely N-dealkylation sites (N-methyl/N-ethyl adjacent to an activating group) is 1. The van der Waals surface area contributed by atoms with Gasteiger partial charge in [0.25, 0.3) is 0 Å². The summed E-state index contributed by atoms with van der Waals surface area (Å²) in [5.41, 5.74) is 2.68. The summed E-state index contributed by atoms with van der Waals surface area (Å²) in [6.07, 6.45) is 4.87. The zero-order valence-electron chi connectivity index (χ0n) is 8.67. The van der Waals surface area contributed by atoms with E-state index in [9.17, 15) is 0 Å². The first-order chi connectivity index (χ1) is 6.24. The van der Waals surface area contributed by atoms with Gasteiger partial charge >= 0.3 is 0 Å². The van der Waals surface area contributed by atoms with Crippen LogP contribution in [0.3, 0.4) is 0 Å². The lowest BCUT2D eigenvalue weighted by molar-refractivity contribution is 0.564. The fourth-order valence-electron chi connectivity index (χ4n) is 1.48. The van der Waals surface area contributed by atoms with Gasteiger partial charge in [0.1, 0.15) is 0 Å². The van der Waals surface area contributed by atoms with Crippen molar-refractivity contribution in [3.63, 3.8) is 0 Å². The van der Waals surface area contributed by atoms with Gasteiger partial charge in [-0.25, -0.2) is 0 Å². The minimum absolute atomic E-state index is 0.547. The number of rotatable bonds is 4. The molecule has 0 fully saturated rings. The molecule has 0 aromatic carbocycles. The average Bonchev–Trinajstić information content (AvgIpc) is 2.09. The molecule has 0 bridgehead atoms. The lowest BCUT2D eigenvalue weighted by atomic mass is 10.0. The van der Waals surface area contributed by atoms with Crippen LogP contribution in [0.25, 0.3) is 0 Å². The molecule has 1 aromatic heterocycles. The second-order valence-electron chi connectivity index (χ2n) is 3.47. The van der Waals surface area contributed by atoms with Gasteiger partial charge in [-0.1, -0.05) is 6.92 Å². The fourth-order valence-corrected chi connectivity index (χ4v) is 1.48. The third kappa shape index (κ3) is 3.15. The van der Waals surface area contributed by atoms with Gasteiger partial charge in [-0.15, -0.1) is 0 Å². The molecule has 0 aliphatic heterocycles. The van der Waals surface area contributed by atoms with E-state index in [-0.39, 0.29) is 0 Å². The van der Waals surface area contributed by atoms with Gasteiger partial charge in [0, 0.05) is 18.4 Å². The largest absolute Gasteiger partial charge is 0.314 e. The Kier molecular flexibility index (Phi) is 3.90. The highest BCUT2D eigenvalue weighted by Crippen LogP contribution is 2.07. The molecule has 1 rings (SSSR count). The maximum Gasteiger partial charge on any atom is 0.0299 e. The first-order valence-electron chi connectivity index (χ1n) is 4.87. The molecule has 1 unspecified atom stereocenters. The number of aryl methyl sites for hydroxylation is 1. The number of nitrogens with one attached hydrogen (secondary N) is 1. The maximum absolute atomic E-state index is 4.08. The summed E-state index contributed by atoms with van der Waals surface area (Å²) < 4.78 is 0. The summed E-state index contributed by atoms with van der Waals surface area (Å²) in [6, 6.07) is 2.65. The Labute approximate surface area is 80.4 Å². The van der Waals surface area contributed by atoms with Gasteiger partial charge in [-0.3, -0.25) is 4.98 Å². The van der Waals surface area contributed by atoms with Gasteiger partial charge in [-0.05, 0) is 44.0 Å². The van der Waals surface area contributed by atoms with E-state index in [2.05, 4.69) is 37.1 Å². The van der Waals surface area contributed by atoms with E-state index in [4.69, 9.17) is 0 Å². The first kappa shape index (κ1) is 10.2. The molecule has 0 aliphatic carbocycles. The molecule has 2 nitrogen and oxygen atoms in total. The standard InChI is InChI=1S/C11H18N2/c1-4-13-10(3)7-11-5-6-12-8-9(11)2/h5-6,8,10,13H,4,7H2,1-3H3.